The quantitative estimate of drug-likeness (QED) is 0.152. The van der Waals surface area contributed by atoms with Crippen LogP contribution in [0.5, 0.6) is 0 Å². The van der Waals surface area contributed by atoms with E-state index in [2.05, 4.69) is 252 Å². The zero-order valence-electron chi connectivity index (χ0n) is 34.0. The van der Waals surface area contributed by atoms with Crippen LogP contribution < -0.4 is 0 Å². The topological polar surface area (TPSA) is 9.86 Å². The monoisotopic (exact) mass is 788 g/mol. The Morgan fingerprint density at radius 2 is 0.613 bits per heavy atom. The zero-order valence-corrected chi connectivity index (χ0v) is 34.0. The summed E-state index contributed by atoms with van der Waals surface area (Å²) in [6, 6.07) is 88.4. The van der Waals surface area contributed by atoms with Crippen LogP contribution in [0.3, 0.4) is 0 Å². The van der Waals surface area contributed by atoms with Gasteiger partial charge in [0.2, 0.25) is 0 Å². The Balaban J connectivity index is 0.996. The van der Waals surface area contributed by atoms with Gasteiger partial charge in [-0.1, -0.05) is 176 Å². The molecule has 12 rings (SSSR count). The summed E-state index contributed by atoms with van der Waals surface area (Å²) in [7, 11) is 0. The molecule has 0 saturated heterocycles. The molecule has 0 saturated carbocycles. The summed E-state index contributed by atoms with van der Waals surface area (Å²) < 4.78 is 4.85. The number of hydrogen-bond donors (Lipinski definition) is 0. The van der Waals surface area contributed by atoms with E-state index in [1.807, 2.05) is 0 Å². The fourth-order valence-corrected chi connectivity index (χ4v) is 9.54. The molecule has 0 radical (unpaired) electrons. The first-order chi connectivity index (χ1) is 30.7. The molecular formula is C60H40N2. The van der Waals surface area contributed by atoms with E-state index >= 15 is 0 Å². The third-order valence-corrected chi connectivity index (χ3v) is 12.5. The third kappa shape index (κ3) is 6.04. The fraction of sp³-hybridized carbons (Fsp3) is 0. The second-order valence-corrected chi connectivity index (χ2v) is 16.1. The fourth-order valence-electron chi connectivity index (χ4n) is 9.54. The van der Waals surface area contributed by atoms with Gasteiger partial charge >= 0.3 is 0 Å². The van der Waals surface area contributed by atoms with Crippen molar-refractivity contribution in [2.45, 2.75) is 0 Å². The van der Waals surface area contributed by atoms with Crippen molar-refractivity contribution in [3.63, 3.8) is 0 Å². The molecule has 0 fully saturated rings. The molecule has 290 valence electrons. The molecule has 0 aliphatic carbocycles. The summed E-state index contributed by atoms with van der Waals surface area (Å²) in [6.45, 7) is 0. The number of fused-ring (bicyclic) bond motifs is 6. The molecule has 0 amide bonds. The smallest absolute Gasteiger partial charge is 0.0553 e. The SMILES string of the molecule is c1ccc(-c2ccc(-c3ccc(-n4c5ccccc5c5cc(-c6ccc7c(c6)c6c(-c8ccccc8)cc(-c8ccccc8)cc6n7-c6ccccc6)ccc54)cc3)cc2)cc1. The summed E-state index contributed by atoms with van der Waals surface area (Å²) in [5, 5.41) is 4.97. The summed E-state index contributed by atoms with van der Waals surface area (Å²) in [5.74, 6) is 0. The van der Waals surface area contributed by atoms with Gasteiger partial charge in [0.1, 0.15) is 0 Å². The minimum atomic E-state index is 1.15. The van der Waals surface area contributed by atoms with Crippen LogP contribution in [0.15, 0.2) is 243 Å². The molecule has 0 N–H and O–H groups in total. The first kappa shape index (κ1) is 35.7. The number of hydrogen-bond acceptors (Lipinski definition) is 0. The van der Waals surface area contributed by atoms with Crippen molar-refractivity contribution < 1.29 is 0 Å². The molecule has 0 aliphatic rings. The molecule has 2 heterocycles. The molecule has 0 spiro atoms. The first-order valence-corrected chi connectivity index (χ1v) is 21.3. The van der Waals surface area contributed by atoms with Gasteiger partial charge in [-0.15, -0.1) is 0 Å². The van der Waals surface area contributed by atoms with Crippen molar-refractivity contribution >= 4 is 43.6 Å². The molecule has 10 aromatic carbocycles. The minimum Gasteiger partial charge on any atom is -0.309 e. The van der Waals surface area contributed by atoms with Crippen molar-refractivity contribution in [1.29, 1.82) is 0 Å². The zero-order chi connectivity index (χ0) is 41.0. The van der Waals surface area contributed by atoms with E-state index in [4.69, 9.17) is 0 Å². The highest BCUT2D eigenvalue weighted by atomic mass is 15.0. The summed E-state index contributed by atoms with van der Waals surface area (Å²) in [6.07, 6.45) is 0. The largest absolute Gasteiger partial charge is 0.309 e. The highest BCUT2D eigenvalue weighted by Crippen LogP contribution is 2.43. The van der Waals surface area contributed by atoms with Crippen LogP contribution in [-0.4, -0.2) is 9.13 Å². The van der Waals surface area contributed by atoms with Gasteiger partial charge in [0.15, 0.2) is 0 Å². The maximum Gasteiger partial charge on any atom is 0.0553 e. The molecule has 0 unspecified atom stereocenters. The number of nitrogens with zero attached hydrogens (tertiary/aromatic N) is 2. The predicted molar refractivity (Wildman–Crippen MR) is 262 cm³/mol. The maximum atomic E-state index is 2.44. The van der Waals surface area contributed by atoms with Gasteiger partial charge in [0.05, 0.1) is 22.1 Å². The summed E-state index contributed by atoms with van der Waals surface area (Å²) in [4.78, 5) is 0. The van der Waals surface area contributed by atoms with Gasteiger partial charge < -0.3 is 9.13 Å². The van der Waals surface area contributed by atoms with Gasteiger partial charge in [-0.25, -0.2) is 0 Å². The molecule has 62 heavy (non-hydrogen) atoms. The Hall–Kier alpha value is -8.20. The highest BCUT2D eigenvalue weighted by molar-refractivity contribution is 6.18. The van der Waals surface area contributed by atoms with Gasteiger partial charge in [0, 0.05) is 32.9 Å². The van der Waals surface area contributed by atoms with E-state index in [9.17, 15) is 0 Å². The number of para-hydroxylation sites is 2. The molecule has 0 bridgehead atoms. The number of rotatable bonds is 7. The Morgan fingerprint density at radius 1 is 0.210 bits per heavy atom. The Bertz CT molecular complexity index is 3560. The second kappa shape index (κ2) is 14.8. The molecule has 2 nitrogen and oxygen atoms in total. The predicted octanol–water partition coefficient (Wildman–Crippen LogP) is 16.2. The van der Waals surface area contributed by atoms with Crippen molar-refractivity contribution in [1.82, 2.24) is 9.13 Å². The lowest BCUT2D eigenvalue weighted by Crippen LogP contribution is -1.94. The van der Waals surface area contributed by atoms with Crippen molar-refractivity contribution in [2.75, 3.05) is 0 Å². The van der Waals surface area contributed by atoms with E-state index in [0.717, 1.165) is 11.4 Å². The Kier molecular flexibility index (Phi) is 8.53. The number of aromatic nitrogens is 2. The third-order valence-electron chi connectivity index (χ3n) is 12.5. The van der Waals surface area contributed by atoms with Crippen molar-refractivity contribution in [3.05, 3.63) is 243 Å². The van der Waals surface area contributed by atoms with Gasteiger partial charge in [-0.3, -0.25) is 0 Å². The first-order valence-electron chi connectivity index (χ1n) is 21.3. The van der Waals surface area contributed by atoms with E-state index in [1.165, 1.54) is 99.2 Å². The van der Waals surface area contributed by atoms with E-state index < -0.39 is 0 Å². The minimum absolute atomic E-state index is 1.15. The molecule has 2 aromatic heterocycles. The molecule has 12 aromatic rings. The lowest BCUT2D eigenvalue weighted by molar-refractivity contribution is 1.18. The average Bonchev–Trinajstić information content (AvgIpc) is 3.87. The highest BCUT2D eigenvalue weighted by Gasteiger charge is 2.20. The number of benzene rings is 10. The van der Waals surface area contributed by atoms with Crippen LogP contribution in [0, 0.1) is 0 Å². The van der Waals surface area contributed by atoms with Crippen LogP contribution >= 0.6 is 0 Å². The van der Waals surface area contributed by atoms with E-state index in [0.29, 0.717) is 0 Å². The van der Waals surface area contributed by atoms with Gasteiger partial charge in [-0.2, -0.15) is 0 Å². The van der Waals surface area contributed by atoms with Crippen molar-refractivity contribution in [2.24, 2.45) is 0 Å². The van der Waals surface area contributed by atoms with Gasteiger partial charge in [-0.05, 0) is 122 Å². The van der Waals surface area contributed by atoms with E-state index in [1.54, 1.807) is 0 Å². The molecule has 0 aliphatic heterocycles. The standard InChI is InChI=1S/C60H40N2/c1-5-15-41(16-6-1)43-25-27-44(28-26-43)45-29-33-51(34-30-45)61-56-24-14-13-23-52(56)54-37-47(31-35-57(54)61)48-32-36-58-55(38-48)60-53(46-19-9-3-10-20-46)39-49(42-17-7-2-8-18-42)40-59(60)62(58)50-21-11-4-12-22-50/h1-40H. The molecule has 2 heteroatoms. The van der Waals surface area contributed by atoms with E-state index in [-0.39, 0.29) is 0 Å². The summed E-state index contributed by atoms with van der Waals surface area (Å²) >= 11 is 0. The summed E-state index contributed by atoms with van der Waals surface area (Å²) in [5.41, 5.74) is 19.1. The van der Waals surface area contributed by atoms with Crippen LogP contribution in [0.2, 0.25) is 0 Å². The van der Waals surface area contributed by atoms with Crippen molar-refractivity contribution in [3.8, 4) is 67.0 Å². The second-order valence-electron chi connectivity index (χ2n) is 16.1. The Morgan fingerprint density at radius 3 is 1.23 bits per heavy atom. The van der Waals surface area contributed by atoms with Gasteiger partial charge in [0.25, 0.3) is 0 Å². The molecule has 0 atom stereocenters. The lowest BCUT2D eigenvalue weighted by atomic mass is 9.93. The van der Waals surface area contributed by atoms with Crippen LogP contribution in [0.4, 0.5) is 0 Å². The maximum absolute atomic E-state index is 2.44. The normalized spacial score (nSPS) is 11.5. The van der Waals surface area contributed by atoms with Crippen LogP contribution in [0.25, 0.3) is 111 Å². The van der Waals surface area contributed by atoms with Crippen LogP contribution in [0.1, 0.15) is 0 Å². The molecular weight excluding hydrogens is 749 g/mol. The van der Waals surface area contributed by atoms with Crippen LogP contribution in [-0.2, 0) is 0 Å². The average molecular weight is 789 g/mol. The lowest BCUT2D eigenvalue weighted by Gasteiger charge is -2.12. The Labute approximate surface area is 360 Å².